The molecular weight excluding hydrogens is 414 g/mol. The second-order valence-corrected chi connectivity index (χ2v) is 8.17. The van der Waals surface area contributed by atoms with Crippen molar-refractivity contribution in [2.24, 2.45) is 12.2 Å². The molecule has 0 aliphatic carbocycles. The minimum Gasteiger partial charge on any atom is -0.329 e. The molecule has 9 nitrogen and oxygen atoms in total. The Kier molecular flexibility index (Phi) is 3.05. The third-order valence-corrected chi connectivity index (χ3v) is 5.49. The van der Waals surface area contributed by atoms with E-state index in [2.05, 4.69) is 20.4 Å². The highest BCUT2D eigenvalue weighted by atomic mass is 32.2. The van der Waals surface area contributed by atoms with Gasteiger partial charge in [-0.25, -0.2) is 18.5 Å². The highest BCUT2D eigenvalue weighted by Gasteiger charge is 2.14. The van der Waals surface area contributed by atoms with Gasteiger partial charge >= 0.3 is 0 Å². The van der Waals surface area contributed by atoms with E-state index in [4.69, 9.17) is 17.5 Å². The maximum Gasteiger partial charge on any atom is 0.238 e. The van der Waals surface area contributed by atoms with Gasteiger partial charge in [0.05, 0.1) is 14.5 Å². The number of anilines is 4. The maximum absolute atomic E-state index is 11.9. The number of hydrogen-bond donors (Lipinski definition) is 2. The molecule has 2 aromatic carbocycles. The topological polar surface area (TPSA) is 119 Å². The van der Waals surface area contributed by atoms with Crippen molar-refractivity contribution in [2.75, 3.05) is 17.2 Å². The van der Waals surface area contributed by atoms with Gasteiger partial charge in [0.25, 0.3) is 0 Å². The Bertz CT molecular complexity index is 1750. The smallest absolute Gasteiger partial charge is 0.238 e. The van der Waals surface area contributed by atoms with Crippen LogP contribution in [0.15, 0.2) is 53.5 Å². The van der Waals surface area contributed by atoms with Gasteiger partial charge in [-0.2, -0.15) is 10.1 Å². The number of nitrogens with zero attached hydrogens (tertiary/aromatic N) is 5. The fourth-order valence-electron chi connectivity index (χ4n) is 2.87. The summed E-state index contributed by atoms with van der Waals surface area (Å²) >= 11 is 0. The third-order valence-electron chi connectivity index (χ3n) is 4.43. The maximum atomic E-state index is 11.9. The van der Waals surface area contributed by atoms with Crippen molar-refractivity contribution in [3.8, 4) is 0 Å². The van der Waals surface area contributed by atoms with Crippen LogP contribution in [0.2, 0.25) is 0 Å². The van der Waals surface area contributed by atoms with Crippen LogP contribution in [-0.2, 0) is 17.1 Å². The molecule has 0 spiro atoms. The van der Waals surface area contributed by atoms with Crippen LogP contribution in [0.1, 0.15) is 23.6 Å². The molecular formula is C21H23N7O2S. The van der Waals surface area contributed by atoms with Crippen LogP contribution < -0.4 is 15.4 Å². The Hall–Kier alpha value is -3.50. The molecule has 0 amide bonds. The normalized spacial score (nSPS) is 16.7. The van der Waals surface area contributed by atoms with E-state index in [1.807, 2.05) is 0 Å². The van der Waals surface area contributed by atoms with Crippen molar-refractivity contribution in [1.82, 2.24) is 19.7 Å². The van der Waals surface area contributed by atoms with Crippen molar-refractivity contribution in [1.29, 1.82) is 0 Å². The predicted molar refractivity (Wildman–Crippen MR) is 121 cm³/mol. The predicted octanol–water partition coefficient (Wildman–Crippen LogP) is 3.14. The van der Waals surface area contributed by atoms with Gasteiger partial charge in [-0.05, 0) is 55.7 Å². The molecule has 10 heteroatoms. The Balaban J connectivity index is 1.88. The summed E-state index contributed by atoms with van der Waals surface area (Å²) in [5, 5.41) is 11.9. The number of primary sulfonamides is 1. The first kappa shape index (κ1) is 12.4. The van der Waals surface area contributed by atoms with E-state index >= 15 is 0 Å². The molecule has 3 N–H and O–H groups in total. The van der Waals surface area contributed by atoms with Crippen LogP contribution in [0.3, 0.4) is 0 Å². The summed E-state index contributed by atoms with van der Waals surface area (Å²) in [7, 11) is -2.71. The zero-order valence-electron chi connectivity index (χ0n) is 25.4. The van der Waals surface area contributed by atoms with Gasteiger partial charge < -0.3 is 10.2 Å². The molecule has 0 bridgehead atoms. The van der Waals surface area contributed by atoms with Crippen molar-refractivity contribution >= 4 is 44.1 Å². The van der Waals surface area contributed by atoms with E-state index in [1.54, 1.807) is 6.92 Å². The van der Waals surface area contributed by atoms with Crippen LogP contribution in [0, 0.1) is 13.8 Å². The Labute approximate surface area is 193 Å². The lowest BCUT2D eigenvalue weighted by Crippen LogP contribution is -2.14. The van der Waals surface area contributed by atoms with Crippen LogP contribution in [0.25, 0.3) is 10.9 Å². The highest BCUT2D eigenvalue weighted by molar-refractivity contribution is 7.89. The fraction of sp³-hybridized carbons (Fsp3) is 0.190. The Morgan fingerprint density at radius 3 is 2.87 bits per heavy atom. The molecule has 0 atom stereocenters. The molecule has 0 fully saturated rings. The average molecular weight is 447 g/mol. The number of sulfonamides is 1. The summed E-state index contributed by atoms with van der Waals surface area (Å²) < 4.78 is 98.4. The van der Waals surface area contributed by atoms with Gasteiger partial charge in [-0.15, -0.1) is 0 Å². The molecule has 0 aliphatic heterocycles. The van der Waals surface area contributed by atoms with E-state index in [0.29, 0.717) is 10.5 Å². The highest BCUT2D eigenvalue weighted by Crippen LogP contribution is 2.28. The minimum absolute atomic E-state index is 0.140. The van der Waals surface area contributed by atoms with Crippen LogP contribution in [-0.4, -0.2) is 35.1 Å². The molecule has 0 unspecified atom stereocenters. The molecule has 4 aromatic rings. The number of nitrogens with two attached hydrogens (primary N) is 1. The third kappa shape index (κ3) is 4.07. The van der Waals surface area contributed by atoms with Crippen molar-refractivity contribution in [3.63, 3.8) is 0 Å². The number of fused-ring (bicyclic) bond motifs is 1. The largest absolute Gasteiger partial charge is 0.329 e. The van der Waals surface area contributed by atoms with E-state index in [-0.39, 0.29) is 38.9 Å². The van der Waals surface area contributed by atoms with Gasteiger partial charge in [0.1, 0.15) is 5.82 Å². The lowest BCUT2D eigenvalue weighted by atomic mass is 10.2. The quantitative estimate of drug-likeness (QED) is 0.483. The summed E-state index contributed by atoms with van der Waals surface area (Å²) in [5.41, 5.74) is -0.521. The van der Waals surface area contributed by atoms with Gasteiger partial charge in [0.2, 0.25) is 16.0 Å². The number of nitrogens with one attached hydrogen (secondary N) is 1. The molecule has 2 heterocycles. The second kappa shape index (κ2) is 7.64. The summed E-state index contributed by atoms with van der Waals surface area (Å²) in [6.45, 7) is -4.18. The van der Waals surface area contributed by atoms with Crippen LogP contribution in [0.4, 0.5) is 23.1 Å². The number of aromatic nitrogens is 4. The number of rotatable bonds is 5. The molecule has 0 radical (unpaired) electrons. The monoisotopic (exact) mass is 446 g/mol. The number of aryl methyl sites for hydroxylation is 3. The van der Waals surface area contributed by atoms with Crippen molar-refractivity contribution in [3.05, 3.63) is 59.8 Å². The van der Waals surface area contributed by atoms with Crippen LogP contribution in [0.5, 0.6) is 0 Å². The van der Waals surface area contributed by atoms with Gasteiger partial charge in [0, 0.05) is 50.9 Å². The fourth-order valence-corrected chi connectivity index (χ4v) is 3.68. The van der Waals surface area contributed by atoms with E-state index in [1.165, 1.54) is 37.5 Å². The molecule has 2 aromatic heterocycles. The van der Waals surface area contributed by atoms with E-state index in [0.717, 1.165) is 4.68 Å². The zero-order valence-corrected chi connectivity index (χ0v) is 17.2. The Morgan fingerprint density at radius 1 is 1.29 bits per heavy atom. The number of benzene rings is 2. The lowest BCUT2D eigenvalue weighted by Gasteiger charge is -2.19. The number of hydrogen-bond acceptors (Lipinski definition) is 7. The van der Waals surface area contributed by atoms with Crippen molar-refractivity contribution in [2.45, 2.75) is 18.7 Å². The first-order valence-corrected chi connectivity index (χ1v) is 10.4. The molecule has 31 heavy (non-hydrogen) atoms. The lowest BCUT2D eigenvalue weighted by molar-refractivity contribution is 0.597. The van der Waals surface area contributed by atoms with Gasteiger partial charge in [0.15, 0.2) is 0 Å². The van der Waals surface area contributed by atoms with Gasteiger partial charge in [-0.3, -0.25) is 4.68 Å². The SMILES string of the molecule is [2H]c1c(N(c2ccnc(Nc3ccc(C)c(S(N)(=O)=O)c3)n2)C([2H])([2H])[2H])c([2H])c2nn(C)c(C([2H])([2H])[2H])c2c1[2H]. The summed E-state index contributed by atoms with van der Waals surface area (Å²) in [5.74, 6) is -0.437. The average Bonchev–Trinajstić information content (AvgIpc) is 3.18. The first-order valence-electron chi connectivity index (χ1n) is 13.3. The molecule has 0 saturated heterocycles. The standard InChI is InChI=1S/C21H23N7O2S/c1-13-5-6-15(11-19(13)31(22,29)30)24-21-23-10-9-20(25-21)27(3)16-7-8-17-14(2)28(4)26-18(17)12-16/h5-12H,1-4H3,(H2,22,29,30)(H,23,24,25)/i2D3,3D3,7D,8D,12D. The first-order chi connectivity index (χ1) is 18.3. The summed E-state index contributed by atoms with van der Waals surface area (Å²) in [4.78, 5) is 8.69. The molecule has 160 valence electrons. The summed E-state index contributed by atoms with van der Waals surface area (Å²) in [6.07, 6.45) is 1.21. The van der Waals surface area contributed by atoms with E-state index in [9.17, 15) is 8.42 Å². The molecule has 4 rings (SSSR count). The Morgan fingerprint density at radius 2 is 2.13 bits per heavy atom. The molecule has 0 aliphatic rings. The van der Waals surface area contributed by atoms with Gasteiger partial charge in [-0.1, -0.05) is 6.07 Å². The van der Waals surface area contributed by atoms with Crippen molar-refractivity contribution < 1.29 is 20.8 Å². The van der Waals surface area contributed by atoms with Crippen LogP contribution >= 0.6 is 0 Å². The molecule has 0 saturated carbocycles. The van der Waals surface area contributed by atoms with E-state index < -0.39 is 47.7 Å². The second-order valence-electron chi connectivity index (χ2n) is 6.64. The minimum atomic E-state index is -4.03. The zero-order chi connectivity index (χ0) is 29.9. The summed E-state index contributed by atoms with van der Waals surface area (Å²) in [6, 6.07) is 3.61.